The molecule has 5 nitrogen and oxygen atoms in total. The molecule has 0 radical (unpaired) electrons. The van der Waals surface area contributed by atoms with Crippen LogP contribution in [0.5, 0.6) is 5.75 Å². The van der Waals surface area contributed by atoms with Crippen molar-refractivity contribution in [3.63, 3.8) is 0 Å². The SMILES string of the molecule is COc1cc(-c2cc(C(C)(C)C)cc(C(C)(C)C)c2)ccc1Nc1ccccc1[N+](=O)[O-]. The zero-order chi connectivity index (χ0) is 23.7. The molecule has 32 heavy (non-hydrogen) atoms. The number of nitro groups is 1. The van der Waals surface area contributed by atoms with Gasteiger partial charge in [-0.25, -0.2) is 0 Å². The Morgan fingerprint density at radius 1 is 0.781 bits per heavy atom. The number of benzene rings is 3. The molecule has 5 heteroatoms. The quantitative estimate of drug-likeness (QED) is 0.333. The summed E-state index contributed by atoms with van der Waals surface area (Å²) in [6.45, 7) is 13.3. The maximum Gasteiger partial charge on any atom is 0.292 e. The van der Waals surface area contributed by atoms with Crippen LogP contribution in [0.25, 0.3) is 11.1 Å². The number of ether oxygens (including phenoxy) is 1. The average Bonchev–Trinajstić information content (AvgIpc) is 2.72. The number of hydrogen-bond donors (Lipinski definition) is 1. The van der Waals surface area contributed by atoms with Crippen LogP contribution in [0, 0.1) is 10.1 Å². The molecule has 0 aliphatic rings. The lowest BCUT2D eigenvalue weighted by Gasteiger charge is -2.26. The number of anilines is 2. The molecule has 0 atom stereocenters. The van der Waals surface area contributed by atoms with Crippen molar-refractivity contribution < 1.29 is 9.66 Å². The Balaban J connectivity index is 2.07. The van der Waals surface area contributed by atoms with E-state index >= 15 is 0 Å². The van der Waals surface area contributed by atoms with E-state index in [1.165, 1.54) is 17.2 Å². The highest BCUT2D eigenvalue weighted by molar-refractivity contribution is 5.77. The predicted octanol–water partition coefficient (Wildman–Crippen LogP) is 7.61. The van der Waals surface area contributed by atoms with Gasteiger partial charge in [-0.3, -0.25) is 10.1 Å². The lowest BCUT2D eigenvalue weighted by Crippen LogP contribution is -2.16. The number of methoxy groups -OCH3 is 1. The normalized spacial score (nSPS) is 11.8. The lowest BCUT2D eigenvalue weighted by atomic mass is 9.79. The van der Waals surface area contributed by atoms with Crippen LogP contribution in [0.4, 0.5) is 17.1 Å². The van der Waals surface area contributed by atoms with Crippen molar-refractivity contribution in [2.75, 3.05) is 12.4 Å². The molecule has 168 valence electrons. The molecule has 0 saturated carbocycles. The van der Waals surface area contributed by atoms with Crippen molar-refractivity contribution >= 4 is 17.1 Å². The summed E-state index contributed by atoms with van der Waals surface area (Å²) < 4.78 is 5.64. The molecule has 3 aromatic rings. The largest absolute Gasteiger partial charge is 0.495 e. The van der Waals surface area contributed by atoms with Gasteiger partial charge in [0.25, 0.3) is 5.69 Å². The molecule has 0 amide bonds. The Labute approximate surface area is 190 Å². The maximum atomic E-state index is 11.4. The van der Waals surface area contributed by atoms with Crippen molar-refractivity contribution in [3.05, 3.63) is 81.9 Å². The first-order valence-electron chi connectivity index (χ1n) is 10.7. The summed E-state index contributed by atoms with van der Waals surface area (Å²) in [5.74, 6) is 0.624. The van der Waals surface area contributed by atoms with Gasteiger partial charge in [-0.05, 0) is 51.3 Å². The van der Waals surface area contributed by atoms with Crippen LogP contribution in [-0.2, 0) is 10.8 Å². The van der Waals surface area contributed by atoms with E-state index in [1.54, 1.807) is 25.3 Å². The number of nitrogens with one attached hydrogen (secondary N) is 1. The number of hydrogen-bond acceptors (Lipinski definition) is 4. The smallest absolute Gasteiger partial charge is 0.292 e. The Morgan fingerprint density at radius 3 is 1.91 bits per heavy atom. The average molecular weight is 433 g/mol. The Bertz CT molecular complexity index is 1110. The molecule has 1 N–H and O–H groups in total. The van der Waals surface area contributed by atoms with Gasteiger partial charge < -0.3 is 10.1 Å². The van der Waals surface area contributed by atoms with Gasteiger partial charge in [-0.2, -0.15) is 0 Å². The number of nitro benzene ring substituents is 1. The topological polar surface area (TPSA) is 64.4 Å². The molecule has 0 heterocycles. The van der Waals surface area contributed by atoms with Crippen molar-refractivity contribution in [3.8, 4) is 16.9 Å². The fourth-order valence-corrected chi connectivity index (χ4v) is 3.52. The lowest BCUT2D eigenvalue weighted by molar-refractivity contribution is -0.383. The van der Waals surface area contributed by atoms with Crippen molar-refractivity contribution in [1.29, 1.82) is 0 Å². The summed E-state index contributed by atoms with van der Waals surface area (Å²) in [5.41, 5.74) is 5.88. The van der Waals surface area contributed by atoms with Gasteiger partial charge in [-0.1, -0.05) is 77.9 Å². The molecule has 0 saturated heterocycles. The van der Waals surface area contributed by atoms with Crippen LogP contribution < -0.4 is 10.1 Å². The van der Waals surface area contributed by atoms with Crippen LogP contribution in [-0.4, -0.2) is 12.0 Å². The standard InChI is InChI=1S/C27H32N2O3/c1-26(2,3)20-14-19(15-21(17-20)27(4,5)6)18-12-13-23(25(16-18)32-7)28-22-10-8-9-11-24(22)29(30)31/h8-17,28H,1-7H3. The third-order valence-electron chi connectivity index (χ3n) is 5.57. The molecule has 0 aliphatic carbocycles. The van der Waals surface area contributed by atoms with Gasteiger partial charge in [0.15, 0.2) is 0 Å². The van der Waals surface area contributed by atoms with E-state index in [4.69, 9.17) is 4.74 Å². The number of rotatable bonds is 5. The third-order valence-corrected chi connectivity index (χ3v) is 5.57. The van der Waals surface area contributed by atoms with Crippen LogP contribution in [0.2, 0.25) is 0 Å². The van der Waals surface area contributed by atoms with E-state index in [0.717, 1.165) is 11.1 Å². The summed E-state index contributed by atoms with van der Waals surface area (Å²) in [7, 11) is 1.61. The molecule has 0 spiro atoms. The van der Waals surface area contributed by atoms with E-state index in [9.17, 15) is 10.1 Å². The molecule has 0 unspecified atom stereocenters. The first-order valence-corrected chi connectivity index (χ1v) is 10.7. The van der Waals surface area contributed by atoms with Crippen LogP contribution in [0.15, 0.2) is 60.7 Å². The second kappa shape index (κ2) is 8.65. The molecule has 0 aromatic heterocycles. The molecule has 0 aliphatic heterocycles. The molecule has 3 aromatic carbocycles. The van der Waals surface area contributed by atoms with Crippen molar-refractivity contribution in [2.45, 2.75) is 52.4 Å². The third kappa shape index (κ3) is 5.10. The highest BCUT2D eigenvalue weighted by atomic mass is 16.6. The van der Waals surface area contributed by atoms with E-state index in [-0.39, 0.29) is 16.5 Å². The predicted molar refractivity (Wildman–Crippen MR) is 132 cm³/mol. The minimum Gasteiger partial charge on any atom is -0.495 e. The van der Waals surface area contributed by atoms with Gasteiger partial charge in [-0.15, -0.1) is 0 Å². The van der Waals surface area contributed by atoms with Gasteiger partial charge in [0.1, 0.15) is 11.4 Å². The first kappa shape index (κ1) is 23.3. The molecule has 3 rings (SSSR count). The number of para-hydroxylation sites is 2. The minimum atomic E-state index is -0.394. The van der Waals surface area contributed by atoms with Gasteiger partial charge in [0.2, 0.25) is 0 Å². The first-order chi connectivity index (χ1) is 14.9. The zero-order valence-corrected chi connectivity index (χ0v) is 19.9. The van der Waals surface area contributed by atoms with Crippen molar-refractivity contribution in [2.24, 2.45) is 0 Å². The monoisotopic (exact) mass is 432 g/mol. The Morgan fingerprint density at radius 2 is 1.38 bits per heavy atom. The maximum absolute atomic E-state index is 11.4. The highest BCUT2D eigenvalue weighted by Crippen LogP contribution is 2.38. The van der Waals surface area contributed by atoms with Crippen LogP contribution in [0.1, 0.15) is 52.7 Å². The molecular weight excluding hydrogens is 400 g/mol. The summed E-state index contributed by atoms with van der Waals surface area (Å²) in [4.78, 5) is 11.0. The zero-order valence-electron chi connectivity index (χ0n) is 19.9. The molecule has 0 bridgehead atoms. The fraction of sp³-hybridized carbons (Fsp3) is 0.333. The van der Waals surface area contributed by atoms with E-state index in [0.29, 0.717) is 17.1 Å². The van der Waals surface area contributed by atoms with Gasteiger partial charge in [0, 0.05) is 6.07 Å². The summed E-state index contributed by atoms with van der Waals surface area (Å²) in [5, 5.41) is 14.5. The van der Waals surface area contributed by atoms with E-state index in [2.05, 4.69) is 65.1 Å². The second-order valence-electron chi connectivity index (χ2n) is 10.1. The van der Waals surface area contributed by atoms with Crippen molar-refractivity contribution in [1.82, 2.24) is 0 Å². The number of nitrogens with zero attached hydrogens (tertiary/aromatic N) is 1. The Hall–Kier alpha value is -3.34. The van der Waals surface area contributed by atoms with Crippen LogP contribution in [0.3, 0.4) is 0 Å². The van der Waals surface area contributed by atoms with E-state index < -0.39 is 4.92 Å². The molecule has 0 fully saturated rings. The second-order valence-corrected chi connectivity index (χ2v) is 10.1. The highest BCUT2D eigenvalue weighted by Gasteiger charge is 2.21. The van der Waals surface area contributed by atoms with Crippen LogP contribution >= 0.6 is 0 Å². The summed E-state index contributed by atoms with van der Waals surface area (Å²) in [6, 6.07) is 19.3. The minimum absolute atomic E-state index is 0.0197. The molecular formula is C27H32N2O3. The van der Waals surface area contributed by atoms with E-state index in [1.807, 2.05) is 18.2 Å². The van der Waals surface area contributed by atoms with Gasteiger partial charge in [0.05, 0.1) is 17.7 Å². The summed E-state index contributed by atoms with van der Waals surface area (Å²) in [6.07, 6.45) is 0. The fourth-order valence-electron chi connectivity index (χ4n) is 3.52. The Kier molecular flexibility index (Phi) is 6.31. The van der Waals surface area contributed by atoms with Gasteiger partial charge >= 0.3 is 0 Å². The summed E-state index contributed by atoms with van der Waals surface area (Å²) >= 11 is 0.